The average molecular weight is 440 g/mol. The van der Waals surface area contributed by atoms with Gasteiger partial charge in [0.1, 0.15) is 6.61 Å². The average Bonchev–Trinajstić information content (AvgIpc) is 2.91. The minimum Gasteiger partial charge on any atom is -0.493 e. The van der Waals surface area contributed by atoms with Crippen LogP contribution < -0.4 is 14.4 Å². The number of carbonyl (C=O) groups excluding carboxylic acids is 2. The molecule has 0 aromatic heterocycles. The Balaban J connectivity index is 2.01. The van der Waals surface area contributed by atoms with Crippen LogP contribution in [-0.4, -0.2) is 55.5 Å². The number of aliphatic hydroxyl groups is 1. The number of nitrogens with zero attached hydrogens (tertiary/aromatic N) is 2. The molecule has 2 aromatic carbocycles. The predicted octanol–water partition coefficient (Wildman–Crippen LogP) is 3.59. The zero-order valence-electron chi connectivity index (χ0n) is 18.5. The maximum atomic E-state index is 13.3. The number of carbonyl (C=O) groups is 2. The fourth-order valence-corrected chi connectivity index (χ4v) is 3.46. The van der Waals surface area contributed by atoms with Crippen molar-refractivity contribution in [1.29, 1.82) is 0 Å². The number of methoxy groups -OCH3 is 2. The zero-order valence-corrected chi connectivity index (χ0v) is 18.5. The quantitative estimate of drug-likeness (QED) is 0.662. The molecule has 170 valence electrons. The highest BCUT2D eigenvalue weighted by atomic mass is 16.6. The molecule has 32 heavy (non-hydrogen) atoms. The van der Waals surface area contributed by atoms with Crippen LogP contribution in [-0.2, 0) is 11.3 Å². The van der Waals surface area contributed by atoms with Gasteiger partial charge in [0.15, 0.2) is 17.7 Å². The maximum Gasteiger partial charge on any atom is 0.416 e. The SMILES string of the molecule is C=C(CC)CN1CC(O)N(C(=O)OCc2ccccc2)c2cc(OC)c(OC)cc2C1=O. The van der Waals surface area contributed by atoms with Gasteiger partial charge in [0.05, 0.1) is 32.0 Å². The normalized spacial score (nSPS) is 15.6. The minimum absolute atomic E-state index is 0.0236. The Morgan fingerprint density at radius 2 is 1.81 bits per heavy atom. The van der Waals surface area contributed by atoms with Gasteiger partial charge in [0.2, 0.25) is 0 Å². The summed E-state index contributed by atoms with van der Waals surface area (Å²) in [5.74, 6) is 0.300. The number of amides is 2. The van der Waals surface area contributed by atoms with Crippen molar-refractivity contribution in [3.05, 3.63) is 65.7 Å². The fourth-order valence-electron chi connectivity index (χ4n) is 3.46. The van der Waals surface area contributed by atoms with E-state index in [1.54, 1.807) is 0 Å². The first kappa shape index (κ1) is 23.1. The summed E-state index contributed by atoms with van der Waals surface area (Å²) < 4.78 is 16.2. The van der Waals surface area contributed by atoms with Crippen LogP contribution in [0.25, 0.3) is 0 Å². The van der Waals surface area contributed by atoms with Gasteiger partial charge in [-0.15, -0.1) is 0 Å². The summed E-state index contributed by atoms with van der Waals surface area (Å²) in [7, 11) is 2.91. The number of aliphatic hydroxyl groups excluding tert-OH is 1. The van der Waals surface area contributed by atoms with Gasteiger partial charge in [-0.05, 0) is 18.1 Å². The van der Waals surface area contributed by atoms with Crippen molar-refractivity contribution < 1.29 is 28.9 Å². The Kier molecular flexibility index (Phi) is 7.37. The molecule has 2 amide bonds. The lowest BCUT2D eigenvalue weighted by molar-refractivity contribution is 0.0643. The van der Waals surface area contributed by atoms with Crippen molar-refractivity contribution >= 4 is 17.7 Å². The molecule has 0 saturated carbocycles. The number of fused-ring (bicyclic) bond motifs is 1. The van der Waals surface area contributed by atoms with Crippen LogP contribution in [0.15, 0.2) is 54.6 Å². The molecule has 1 aliphatic rings. The summed E-state index contributed by atoms with van der Waals surface area (Å²) in [6.07, 6.45) is -1.42. The Labute approximate surface area is 187 Å². The summed E-state index contributed by atoms with van der Waals surface area (Å²) in [6, 6.07) is 12.2. The van der Waals surface area contributed by atoms with Gasteiger partial charge in [0.25, 0.3) is 5.91 Å². The van der Waals surface area contributed by atoms with Crippen LogP contribution in [0.2, 0.25) is 0 Å². The first-order valence-corrected chi connectivity index (χ1v) is 10.3. The van der Waals surface area contributed by atoms with Gasteiger partial charge in [-0.3, -0.25) is 4.79 Å². The molecule has 2 aromatic rings. The third-order valence-corrected chi connectivity index (χ3v) is 5.28. The molecule has 0 spiro atoms. The third kappa shape index (κ3) is 4.86. The van der Waals surface area contributed by atoms with Gasteiger partial charge in [-0.25, -0.2) is 9.69 Å². The van der Waals surface area contributed by atoms with Crippen molar-refractivity contribution in [2.45, 2.75) is 26.2 Å². The predicted molar refractivity (Wildman–Crippen MR) is 120 cm³/mol. The van der Waals surface area contributed by atoms with Gasteiger partial charge >= 0.3 is 6.09 Å². The summed E-state index contributed by atoms with van der Waals surface area (Å²) in [4.78, 5) is 29.0. The van der Waals surface area contributed by atoms with E-state index in [0.717, 1.165) is 16.0 Å². The van der Waals surface area contributed by atoms with Crippen LogP contribution >= 0.6 is 0 Å². The molecule has 3 rings (SSSR count). The molecule has 8 nitrogen and oxygen atoms in total. The molecule has 1 N–H and O–H groups in total. The molecular weight excluding hydrogens is 412 g/mol. The van der Waals surface area contributed by atoms with Gasteiger partial charge < -0.3 is 24.2 Å². The van der Waals surface area contributed by atoms with Crippen LogP contribution in [0.1, 0.15) is 29.3 Å². The lowest BCUT2D eigenvalue weighted by atomic mass is 10.1. The van der Waals surface area contributed by atoms with E-state index in [1.807, 2.05) is 37.3 Å². The van der Waals surface area contributed by atoms with E-state index in [4.69, 9.17) is 14.2 Å². The molecule has 0 aliphatic carbocycles. The molecular formula is C24H28N2O6. The zero-order chi connectivity index (χ0) is 23.3. The molecule has 1 heterocycles. The van der Waals surface area contributed by atoms with E-state index in [9.17, 15) is 14.7 Å². The number of β-amino-alcohol motifs (C(OH)–C–C–N with tert-alkyl or cyclic N) is 1. The number of rotatable bonds is 7. The highest BCUT2D eigenvalue weighted by molar-refractivity contribution is 6.05. The Bertz CT molecular complexity index is 991. The van der Waals surface area contributed by atoms with Gasteiger partial charge in [0, 0.05) is 12.6 Å². The molecule has 1 unspecified atom stereocenters. The summed E-state index contributed by atoms with van der Waals surface area (Å²) in [5, 5.41) is 11.0. The molecule has 1 aliphatic heterocycles. The summed E-state index contributed by atoms with van der Waals surface area (Å²) in [6.45, 7) is 6.09. The monoisotopic (exact) mass is 440 g/mol. The lowest BCUT2D eigenvalue weighted by Gasteiger charge is -2.28. The number of hydrogen-bond acceptors (Lipinski definition) is 6. The maximum absolute atomic E-state index is 13.3. The summed E-state index contributed by atoms with van der Waals surface area (Å²) >= 11 is 0. The molecule has 8 heteroatoms. The van der Waals surface area contributed by atoms with Crippen LogP contribution in [0.3, 0.4) is 0 Å². The van der Waals surface area contributed by atoms with Crippen LogP contribution in [0.5, 0.6) is 11.5 Å². The smallest absolute Gasteiger partial charge is 0.416 e. The minimum atomic E-state index is -1.33. The van der Waals surface area contributed by atoms with E-state index in [2.05, 4.69) is 6.58 Å². The largest absolute Gasteiger partial charge is 0.493 e. The summed E-state index contributed by atoms with van der Waals surface area (Å²) in [5.41, 5.74) is 2.00. The molecule has 0 saturated heterocycles. The number of hydrogen-bond donors (Lipinski definition) is 1. The van der Waals surface area contributed by atoms with Gasteiger partial charge in [-0.2, -0.15) is 0 Å². The van der Waals surface area contributed by atoms with Crippen molar-refractivity contribution in [3.63, 3.8) is 0 Å². The van der Waals surface area contributed by atoms with E-state index >= 15 is 0 Å². The van der Waals surface area contributed by atoms with Crippen molar-refractivity contribution in [2.75, 3.05) is 32.2 Å². The topological polar surface area (TPSA) is 88.5 Å². The highest BCUT2D eigenvalue weighted by Gasteiger charge is 2.37. The number of benzene rings is 2. The van der Waals surface area contributed by atoms with E-state index in [-0.39, 0.29) is 36.9 Å². The van der Waals surface area contributed by atoms with Crippen molar-refractivity contribution in [1.82, 2.24) is 4.90 Å². The molecule has 1 atom stereocenters. The van der Waals surface area contributed by atoms with E-state index < -0.39 is 12.3 Å². The standard InChI is InChI=1S/C24H28N2O6/c1-5-16(2)13-25-14-22(27)26(24(29)32-15-17-9-7-6-8-10-17)19-12-21(31-4)20(30-3)11-18(19)23(25)28/h6-12,22,27H,2,5,13-15H2,1,3-4H3. The Hall–Kier alpha value is -3.52. The first-order chi connectivity index (χ1) is 15.4. The molecule has 0 fully saturated rings. The van der Waals surface area contributed by atoms with Crippen molar-refractivity contribution in [2.24, 2.45) is 0 Å². The van der Waals surface area contributed by atoms with E-state index in [0.29, 0.717) is 17.9 Å². The number of ether oxygens (including phenoxy) is 3. The molecule has 0 bridgehead atoms. The van der Waals surface area contributed by atoms with Crippen LogP contribution in [0.4, 0.5) is 10.5 Å². The lowest BCUT2D eigenvalue weighted by Crippen LogP contribution is -2.46. The second-order valence-electron chi connectivity index (χ2n) is 7.40. The second-order valence-corrected chi connectivity index (χ2v) is 7.40. The third-order valence-electron chi connectivity index (χ3n) is 5.28. The highest BCUT2D eigenvalue weighted by Crippen LogP contribution is 2.38. The van der Waals surface area contributed by atoms with Crippen molar-refractivity contribution in [3.8, 4) is 11.5 Å². The van der Waals surface area contributed by atoms with E-state index in [1.165, 1.54) is 31.3 Å². The fraction of sp³-hybridized carbons (Fsp3) is 0.333. The second kappa shape index (κ2) is 10.2. The van der Waals surface area contributed by atoms with Gasteiger partial charge in [-0.1, -0.05) is 49.4 Å². The Morgan fingerprint density at radius 3 is 2.44 bits per heavy atom. The Morgan fingerprint density at radius 1 is 1.16 bits per heavy atom. The number of anilines is 1. The van der Waals surface area contributed by atoms with Crippen LogP contribution in [0, 0.1) is 0 Å². The molecule has 0 radical (unpaired) electrons. The first-order valence-electron chi connectivity index (χ1n) is 10.3.